The first-order valence-electron chi connectivity index (χ1n) is 10.7. The molecule has 0 unspecified atom stereocenters. The van der Waals surface area contributed by atoms with Gasteiger partial charge in [-0.3, -0.25) is 4.79 Å². The van der Waals surface area contributed by atoms with Crippen LogP contribution in [0.25, 0.3) is 0 Å². The number of carbonyl (C=O) groups excluding carboxylic acids is 1. The van der Waals surface area contributed by atoms with Gasteiger partial charge in [0, 0.05) is 18.7 Å². The van der Waals surface area contributed by atoms with Crippen LogP contribution in [0.2, 0.25) is 0 Å². The Labute approximate surface area is 194 Å². The van der Waals surface area contributed by atoms with E-state index in [1.807, 2.05) is 48.8 Å². The molecule has 1 aromatic heterocycles. The summed E-state index contributed by atoms with van der Waals surface area (Å²) in [7, 11) is 1.67. The number of methoxy groups -OCH3 is 1. The van der Waals surface area contributed by atoms with Gasteiger partial charge in [0.2, 0.25) is 5.91 Å². The van der Waals surface area contributed by atoms with Crippen molar-refractivity contribution >= 4 is 23.4 Å². The van der Waals surface area contributed by atoms with Crippen molar-refractivity contribution in [2.45, 2.75) is 44.8 Å². The fourth-order valence-electron chi connectivity index (χ4n) is 3.44. The van der Waals surface area contributed by atoms with E-state index in [0.29, 0.717) is 6.54 Å². The molecule has 0 aliphatic heterocycles. The first-order chi connectivity index (χ1) is 15.5. The molecule has 0 saturated carbocycles. The summed E-state index contributed by atoms with van der Waals surface area (Å²) >= 11 is 1.39. The molecule has 168 valence electrons. The van der Waals surface area contributed by atoms with Crippen LogP contribution in [-0.2, 0) is 24.2 Å². The van der Waals surface area contributed by atoms with Crippen LogP contribution in [0.3, 0.4) is 0 Å². The smallest absolute Gasteiger partial charge is 0.234 e. The minimum atomic E-state index is -0.0591. The van der Waals surface area contributed by atoms with Gasteiger partial charge in [0.15, 0.2) is 5.16 Å². The number of hydrogen-bond acceptors (Lipinski definition) is 5. The molecule has 32 heavy (non-hydrogen) atoms. The number of allylic oxidation sites excluding steroid dienone is 1. The molecule has 0 aliphatic rings. The van der Waals surface area contributed by atoms with Crippen molar-refractivity contribution in [2.24, 2.45) is 0 Å². The number of anilines is 1. The van der Waals surface area contributed by atoms with Gasteiger partial charge in [-0.1, -0.05) is 47.7 Å². The molecule has 0 atom stereocenters. The second kappa shape index (κ2) is 11.5. The third-order valence-corrected chi connectivity index (χ3v) is 6.09. The van der Waals surface area contributed by atoms with Gasteiger partial charge in [-0.15, -0.1) is 16.8 Å². The summed E-state index contributed by atoms with van der Waals surface area (Å²) in [5.41, 5.74) is 4.33. The van der Waals surface area contributed by atoms with Crippen LogP contribution in [0, 0.1) is 13.8 Å². The van der Waals surface area contributed by atoms with Crippen molar-refractivity contribution in [3.63, 3.8) is 0 Å². The molecule has 3 rings (SSSR count). The summed E-state index contributed by atoms with van der Waals surface area (Å²) in [6.45, 7) is 8.50. The minimum absolute atomic E-state index is 0.0591. The van der Waals surface area contributed by atoms with Crippen molar-refractivity contribution < 1.29 is 9.53 Å². The van der Waals surface area contributed by atoms with Crippen LogP contribution < -0.4 is 10.1 Å². The van der Waals surface area contributed by atoms with Gasteiger partial charge in [0.1, 0.15) is 11.6 Å². The maximum absolute atomic E-state index is 12.5. The van der Waals surface area contributed by atoms with E-state index in [9.17, 15) is 4.79 Å². The number of thioether (sulfide) groups is 1. The predicted molar refractivity (Wildman–Crippen MR) is 131 cm³/mol. The summed E-state index contributed by atoms with van der Waals surface area (Å²) < 4.78 is 7.25. The van der Waals surface area contributed by atoms with Gasteiger partial charge >= 0.3 is 0 Å². The van der Waals surface area contributed by atoms with Crippen molar-refractivity contribution in [1.29, 1.82) is 0 Å². The first kappa shape index (κ1) is 23.6. The molecule has 2 aromatic carbocycles. The van der Waals surface area contributed by atoms with E-state index < -0.39 is 0 Å². The normalized spacial score (nSPS) is 10.7. The Kier molecular flexibility index (Phi) is 8.50. The highest BCUT2D eigenvalue weighted by Crippen LogP contribution is 2.21. The lowest BCUT2D eigenvalue weighted by molar-refractivity contribution is -0.113. The van der Waals surface area contributed by atoms with Crippen molar-refractivity contribution in [1.82, 2.24) is 14.8 Å². The summed E-state index contributed by atoms with van der Waals surface area (Å²) in [5, 5.41) is 12.4. The van der Waals surface area contributed by atoms with E-state index in [4.69, 9.17) is 4.74 Å². The number of benzene rings is 2. The summed E-state index contributed by atoms with van der Waals surface area (Å²) in [6, 6.07) is 14.1. The Bertz CT molecular complexity index is 1060. The lowest BCUT2D eigenvalue weighted by Crippen LogP contribution is -2.15. The third kappa shape index (κ3) is 6.47. The number of amides is 1. The molecule has 7 heteroatoms. The highest BCUT2D eigenvalue weighted by atomic mass is 32.2. The standard InChI is InChI=1S/C25H30N4O2S/c1-5-15-29-23(8-6-7-20-10-12-21(31-4)13-11-20)27-28-25(29)32-17-24(30)26-22-14-9-18(2)16-19(22)3/h5,9-14,16H,1,6-8,15,17H2,2-4H3,(H,26,30). The average molecular weight is 451 g/mol. The van der Waals surface area contributed by atoms with E-state index in [2.05, 4.69) is 40.3 Å². The van der Waals surface area contributed by atoms with Crippen molar-refractivity contribution in [3.8, 4) is 5.75 Å². The molecule has 1 heterocycles. The molecule has 3 aromatic rings. The lowest BCUT2D eigenvalue weighted by Gasteiger charge is -2.10. The van der Waals surface area contributed by atoms with Crippen LogP contribution in [0.1, 0.15) is 28.9 Å². The Hall–Kier alpha value is -3.06. The number of hydrogen-bond donors (Lipinski definition) is 1. The van der Waals surface area contributed by atoms with Crippen molar-refractivity contribution in [2.75, 3.05) is 18.2 Å². The number of aromatic nitrogens is 3. The average Bonchev–Trinajstić information content (AvgIpc) is 3.16. The number of carbonyl (C=O) groups is 1. The second-order valence-corrected chi connectivity index (χ2v) is 8.60. The Morgan fingerprint density at radius 3 is 2.62 bits per heavy atom. The molecule has 0 fully saturated rings. The van der Waals surface area contributed by atoms with E-state index in [0.717, 1.165) is 47.2 Å². The molecule has 0 saturated heterocycles. The number of nitrogens with one attached hydrogen (secondary N) is 1. The third-order valence-electron chi connectivity index (χ3n) is 5.12. The van der Waals surface area contributed by atoms with Crippen LogP contribution in [0.4, 0.5) is 5.69 Å². The summed E-state index contributed by atoms with van der Waals surface area (Å²) in [6.07, 6.45) is 4.55. The molecule has 6 nitrogen and oxygen atoms in total. The van der Waals surface area contributed by atoms with Gasteiger partial charge in [-0.25, -0.2) is 0 Å². The molecule has 0 radical (unpaired) electrons. The topological polar surface area (TPSA) is 69.0 Å². The number of rotatable bonds is 11. The quantitative estimate of drug-likeness (QED) is 0.329. The molecule has 0 spiro atoms. The fraction of sp³-hybridized carbons (Fsp3) is 0.320. The van der Waals surface area contributed by atoms with E-state index >= 15 is 0 Å². The van der Waals surface area contributed by atoms with Crippen LogP contribution >= 0.6 is 11.8 Å². The van der Waals surface area contributed by atoms with Crippen LogP contribution in [0.15, 0.2) is 60.3 Å². The first-order valence-corrected chi connectivity index (χ1v) is 11.6. The number of ether oxygens (including phenoxy) is 1. The zero-order valence-corrected chi connectivity index (χ0v) is 19.7. The maximum atomic E-state index is 12.5. The fourth-order valence-corrected chi connectivity index (χ4v) is 4.20. The van der Waals surface area contributed by atoms with Crippen LogP contribution in [-0.4, -0.2) is 33.5 Å². The highest BCUT2D eigenvalue weighted by Gasteiger charge is 2.14. The van der Waals surface area contributed by atoms with E-state index in [1.165, 1.54) is 22.9 Å². The summed E-state index contributed by atoms with van der Waals surface area (Å²) in [5.74, 6) is 1.99. The van der Waals surface area contributed by atoms with Crippen molar-refractivity contribution in [3.05, 3.63) is 77.6 Å². The Balaban J connectivity index is 1.56. The molecular weight excluding hydrogens is 420 g/mol. The second-order valence-electron chi connectivity index (χ2n) is 7.65. The molecule has 1 N–H and O–H groups in total. The van der Waals surface area contributed by atoms with Gasteiger partial charge in [-0.2, -0.15) is 0 Å². The number of nitrogens with zero attached hydrogens (tertiary/aromatic N) is 3. The molecule has 0 bridgehead atoms. The summed E-state index contributed by atoms with van der Waals surface area (Å²) in [4.78, 5) is 12.5. The van der Waals surface area contributed by atoms with E-state index in [-0.39, 0.29) is 11.7 Å². The Morgan fingerprint density at radius 1 is 1.16 bits per heavy atom. The largest absolute Gasteiger partial charge is 0.497 e. The minimum Gasteiger partial charge on any atom is -0.497 e. The lowest BCUT2D eigenvalue weighted by atomic mass is 10.1. The Morgan fingerprint density at radius 2 is 1.94 bits per heavy atom. The predicted octanol–water partition coefficient (Wildman–Crippen LogP) is 5.00. The van der Waals surface area contributed by atoms with Gasteiger partial charge in [-0.05, 0) is 56.0 Å². The zero-order valence-electron chi connectivity index (χ0n) is 18.9. The van der Waals surface area contributed by atoms with E-state index in [1.54, 1.807) is 7.11 Å². The monoisotopic (exact) mass is 450 g/mol. The van der Waals surface area contributed by atoms with Gasteiger partial charge in [0.25, 0.3) is 0 Å². The SMILES string of the molecule is C=CCn1c(CCCc2ccc(OC)cc2)nnc1SCC(=O)Nc1ccc(C)cc1C. The van der Waals surface area contributed by atoms with Gasteiger partial charge in [0.05, 0.1) is 12.9 Å². The highest BCUT2D eigenvalue weighted by molar-refractivity contribution is 7.99. The zero-order chi connectivity index (χ0) is 22.9. The molecule has 0 aliphatic carbocycles. The maximum Gasteiger partial charge on any atom is 0.234 e. The number of aryl methyl sites for hydroxylation is 4. The molecule has 1 amide bonds. The van der Waals surface area contributed by atoms with Gasteiger partial charge < -0.3 is 14.6 Å². The van der Waals surface area contributed by atoms with Crippen LogP contribution in [0.5, 0.6) is 5.75 Å². The molecular formula is C25H30N4O2S.